The molecule has 2 aliphatic rings. The molecule has 1 fully saturated rings. The van der Waals surface area contributed by atoms with Crippen LogP contribution in [0, 0.1) is 0 Å². The minimum absolute atomic E-state index is 0.0189. The fourth-order valence-electron chi connectivity index (χ4n) is 4.01. The molecule has 0 unspecified atom stereocenters. The number of nitrogens with one attached hydrogen (secondary N) is 2. The van der Waals surface area contributed by atoms with E-state index < -0.39 is 5.60 Å². The first kappa shape index (κ1) is 19.7. The van der Waals surface area contributed by atoms with E-state index in [-0.39, 0.29) is 23.9 Å². The van der Waals surface area contributed by atoms with E-state index in [1.54, 1.807) is 13.8 Å². The molecule has 1 aliphatic carbocycles. The Labute approximate surface area is 161 Å². The molecule has 0 saturated carbocycles. The van der Waals surface area contributed by atoms with Crippen LogP contribution in [0.25, 0.3) is 0 Å². The highest BCUT2D eigenvalue weighted by atomic mass is 16.5. The van der Waals surface area contributed by atoms with E-state index in [1.807, 2.05) is 24.9 Å². The first-order chi connectivity index (χ1) is 12.8. The Balaban J connectivity index is 1.59. The van der Waals surface area contributed by atoms with Crippen molar-refractivity contribution in [3.63, 3.8) is 0 Å². The second-order valence-corrected chi connectivity index (χ2v) is 8.15. The van der Waals surface area contributed by atoms with Crippen LogP contribution >= 0.6 is 0 Å². The van der Waals surface area contributed by atoms with Crippen molar-refractivity contribution in [2.24, 2.45) is 0 Å². The predicted octanol–water partition coefficient (Wildman–Crippen LogP) is 1.66. The number of fused-ring (bicyclic) bond motifs is 1. The summed E-state index contributed by atoms with van der Waals surface area (Å²) in [5, 5.41) is 5.92. The number of carbonyl (C=O) groups is 2. The van der Waals surface area contributed by atoms with Crippen molar-refractivity contribution in [1.82, 2.24) is 15.5 Å². The molecule has 1 aliphatic heterocycles. The van der Waals surface area contributed by atoms with Gasteiger partial charge in [-0.15, -0.1) is 0 Å². The monoisotopic (exact) mass is 373 g/mol. The number of aryl methyl sites for hydroxylation is 2. The smallest absolute Gasteiger partial charge is 0.263 e. The van der Waals surface area contributed by atoms with E-state index in [2.05, 4.69) is 22.8 Å². The fourth-order valence-corrected chi connectivity index (χ4v) is 4.01. The van der Waals surface area contributed by atoms with Crippen LogP contribution in [0.2, 0.25) is 0 Å². The topological polar surface area (TPSA) is 70.7 Å². The summed E-state index contributed by atoms with van der Waals surface area (Å²) in [6.07, 6.45) is 4.00. The van der Waals surface area contributed by atoms with Crippen molar-refractivity contribution in [2.75, 3.05) is 20.1 Å². The van der Waals surface area contributed by atoms with Crippen molar-refractivity contribution < 1.29 is 14.3 Å². The lowest BCUT2D eigenvalue weighted by Gasteiger charge is -2.27. The van der Waals surface area contributed by atoms with E-state index in [9.17, 15) is 9.59 Å². The van der Waals surface area contributed by atoms with Crippen LogP contribution in [0.5, 0.6) is 5.75 Å². The van der Waals surface area contributed by atoms with Gasteiger partial charge in [-0.05, 0) is 76.8 Å². The van der Waals surface area contributed by atoms with Crippen molar-refractivity contribution in [3.05, 3.63) is 29.3 Å². The summed E-state index contributed by atoms with van der Waals surface area (Å²) in [6.45, 7) is 6.75. The maximum atomic E-state index is 12.8. The normalized spacial score (nSPS) is 22.4. The Morgan fingerprint density at radius 3 is 2.74 bits per heavy atom. The molecule has 0 spiro atoms. The lowest BCUT2D eigenvalue weighted by Crippen LogP contribution is -2.50. The van der Waals surface area contributed by atoms with E-state index in [1.165, 1.54) is 17.5 Å². The number of benzene rings is 1. The van der Waals surface area contributed by atoms with Crippen molar-refractivity contribution in [1.29, 1.82) is 0 Å². The molecule has 0 radical (unpaired) electrons. The number of amides is 2. The number of hydrogen-bond acceptors (Lipinski definition) is 4. The molecule has 148 valence electrons. The Morgan fingerprint density at radius 1 is 1.26 bits per heavy atom. The molecular formula is C21H31N3O3. The van der Waals surface area contributed by atoms with Crippen LogP contribution in [0.15, 0.2) is 18.2 Å². The van der Waals surface area contributed by atoms with Crippen LogP contribution in [0.3, 0.4) is 0 Å². The van der Waals surface area contributed by atoms with Gasteiger partial charge in [0.15, 0.2) is 5.60 Å². The van der Waals surface area contributed by atoms with Crippen LogP contribution < -0.4 is 15.4 Å². The molecule has 1 aromatic rings. The predicted molar refractivity (Wildman–Crippen MR) is 105 cm³/mol. The molecule has 1 saturated heterocycles. The van der Waals surface area contributed by atoms with Gasteiger partial charge in [0.1, 0.15) is 5.75 Å². The van der Waals surface area contributed by atoms with Gasteiger partial charge < -0.3 is 15.4 Å². The van der Waals surface area contributed by atoms with Gasteiger partial charge in [-0.1, -0.05) is 6.07 Å². The molecular weight excluding hydrogens is 342 g/mol. The number of ether oxygens (including phenoxy) is 1. The second-order valence-electron chi connectivity index (χ2n) is 8.15. The van der Waals surface area contributed by atoms with Crippen LogP contribution in [-0.2, 0) is 22.4 Å². The highest BCUT2D eigenvalue weighted by Gasteiger charge is 2.38. The Bertz CT molecular complexity index is 717. The van der Waals surface area contributed by atoms with Crippen LogP contribution in [0.4, 0.5) is 0 Å². The maximum Gasteiger partial charge on any atom is 0.263 e. The summed E-state index contributed by atoms with van der Waals surface area (Å²) in [4.78, 5) is 26.9. The van der Waals surface area contributed by atoms with Gasteiger partial charge in [0.05, 0.1) is 6.04 Å². The maximum absolute atomic E-state index is 12.8. The Kier molecular flexibility index (Phi) is 5.75. The average molecular weight is 373 g/mol. The van der Waals surface area contributed by atoms with Crippen molar-refractivity contribution in [3.8, 4) is 5.75 Å². The lowest BCUT2D eigenvalue weighted by molar-refractivity contribution is -0.135. The summed E-state index contributed by atoms with van der Waals surface area (Å²) in [6, 6.07) is 5.86. The zero-order valence-corrected chi connectivity index (χ0v) is 16.8. The van der Waals surface area contributed by atoms with E-state index in [0.29, 0.717) is 19.5 Å². The van der Waals surface area contributed by atoms with Gasteiger partial charge >= 0.3 is 0 Å². The lowest BCUT2D eigenvalue weighted by atomic mass is 10.1. The molecule has 1 aromatic carbocycles. The standard InChI is InChI=1S/C21H31N3O3/c1-5-22-19(25)18-12-16(13-24(18)4)23-20(26)21(2,3)27-17-10-9-14-7-6-8-15(14)11-17/h9-11,16,18H,5-8,12-13H2,1-4H3,(H,22,25)(H,23,26)/t16-,18+/m1/s1. The summed E-state index contributed by atoms with van der Waals surface area (Å²) < 4.78 is 6.03. The van der Waals surface area contributed by atoms with Crippen LogP contribution in [0.1, 0.15) is 44.7 Å². The van der Waals surface area contributed by atoms with E-state index in [0.717, 1.165) is 18.6 Å². The third-order valence-corrected chi connectivity index (χ3v) is 5.53. The molecule has 6 heteroatoms. The van der Waals surface area contributed by atoms with Gasteiger partial charge in [0.25, 0.3) is 5.91 Å². The number of likely N-dealkylation sites (tertiary alicyclic amines) is 1. The molecule has 2 amide bonds. The zero-order chi connectivity index (χ0) is 19.6. The quantitative estimate of drug-likeness (QED) is 0.796. The molecule has 0 aromatic heterocycles. The van der Waals surface area contributed by atoms with Gasteiger partial charge in [-0.3, -0.25) is 14.5 Å². The molecule has 0 bridgehead atoms. The summed E-state index contributed by atoms with van der Waals surface area (Å²) in [7, 11) is 1.91. The van der Waals surface area contributed by atoms with Gasteiger partial charge in [0.2, 0.25) is 5.91 Å². The summed E-state index contributed by atoms with van der Waals surface area (Å²) in [5.41, 5.74) is 1.73. The van der Waals surface area contributed by atoms with Crippen molar-refractivity contribution in [2.45, 2.75) is 64.1 Å². The third-order valence-electron chi connectivity index (χ3n) is 5.53. The zero-order valence-electron chi connectivity index (χ0n) is 16.8. The minimum atomic E-state index is -0.977. The average Bonchev–Trinajstić information content (AvgIpc) is 3.20. The first-order valence-corrected chi connectivity index (χ1v) is 9.90. The number of hydrogen-bond donors (Lipinski definition) is 2. The van der Waals surface area contributed by atoms with Crippen molar-refractivity contribution >= 4 is 11.8 Å². The fraction of sp³-hybridized carbons (Fsp3) is 0.619. The minimum Gasteiger partial charge on any atom is -0.478 e. The summed E-state index contributed by atoms with van der Waals surface area (Å²) >= 11 is 0. The molecule has 2 atom stereocenters. The van der Waals surface area contributed by atoms with E-state index in [4.69, 9.17) is 4.74 Å². The van der Waals surface area contributed by atoms with Gasteiger partial charge in [0, 0.05) is 19.1 Å². The number of nitrogens with zero attached hydrogens (tertiary/aromatic N) is 1. The SMILES string of the molecule is CCNC(=O)[C@@H]1C[C@@H](NC(=O)C(C)(C)Oc2ccc3c(c2)CCC3)CN1C. The molecule has 2 N–H and O–H groups in total. The number of rotatable bonds is 6. The highest BCUT2D eigenvalue weighted by molar-refractivity contribution is 5.86. The Hall–Kier alpha value is -2.08. The van der Waals surface area contributed by atoms with Gasteiger partial charge in [-0.25, -0.2) is 0 Å². The Morgan fingerprint density at radius 2 is 2.00 bits per heavy atom. The summed E-state index contributed by atoms with van der Waals surface area (Å²) in [5.74, 6) is 0.600. The molecule has 3 rings (SSSR count). The first-order valence-electron chi connectivity index (χ1n) is 9.90. The highest BCUT2D eigenvalue weighted by Crippen LogP contribution is 2.28. The molecule has 6 nitrogen and oxygen atoms in total. The van der Waals surface area contributed by atoms with Gasteiger partial charge in [-0.2, -0.15) is 0 Å². The number of carbonyl (C=O) groups excluding carboxylic acids is 2. The van der Waals surface area contributed by atoms with E-state index >= 15 is 0 Å². The molecule has 27 heavy (non-hydrogen) atoms. The number of likely N-dealkylation sites (N-methyl/N-ethyl adjacent to an activating group) is 2. The molecule has 1 heterocycles. The van der Waals surface area contributed by atoms with Crippen LogP contribution in [-0.4, -0.2) is 54.5 Å². The third kappa shape index (κ3) is 4.43. The second kappa shape index (κ2) is 7.89. The largest absolute Gasteiger partial charge is 0.478 e.